The standard InChI is InChI=1S/C27H30N2O4S/c1-4-27(5-2)18-24(23-11-6-7-12-25(23)33-27)28-26(30)20-9-8-10-21(17-20)29-34(31,32)22-15-13-19(3)14-16-22/h6-17,24,29H,4-5,18H2,1-3H3,(H,28,30). The Hall–Kier alpha value is -3.32. The Morgan fingerprint density at radius 2 is 1.71 bits per heavy atom. The number of para-hydroxylation sites is 1. The number of nitrogens with one attached hydrogen (secondary N) is 2. The molecule has 34 heavy (non-hydrogen) atoms. The van der Waals surface area contributed by atoms with Gasteiger partial charge in [-0.25, -0.2) is 8.42 Å². The van der Waals surface area contributed by atoms with Gasteiger partial charge >= 0.3 is 0 Å². The first-order valence-corrected chi connectivity index (χ1v) is 13.0. The van der Waals surface area contributed by atoms with Gasteiger partial charge in [0, 0.05) is 23.2 Å². The third kappa shape index (κ3) is 4.94. The highest BCUT2D eigenvalue weighted by Crippen LogP contribution is 2.42. The zero-order chi connectivity index (χ0) is 24.3. The topological polar surface area (TPSA) is 84.5 Å². The van der Waals surface area contributed by atoms with Gasteiger partial charge in [-0.05, 0) is 56.2 Å². The average molecular weight is 479 g/mol. The normalized spacial score (nSPS) is 16.7. The molecule has 1 atom stereocenters. The van der Waals surface area contributed by atoms with Crippen molar-refractivity contribution >= 4 is 21.6 Å². The van der Waals surface area contributed by atoms with Crippen molar-refractivity contribution in [3.8, 4) is 5.75 Å². The molecule has 0 radical (unpaired) electrons. The second-order valence-electron chi connectivity index (χ2n) is 8.76. The van der Waals surface area contributed by atoms with E-state index in [0.29, 0.717) is 17.7 Å². The van der Waals surface area contributed by atoms with Gasteiger partial charge in [-0.15, -0.1) is 0 Å². The van der Waals surface area contributed by atoms with Crippen LogP contribution in [-0.4, -0.2) is 19.9 Å². The molecule has 0 aliphatic carbocycles. The largest absolute Gasteiger partial charge is 0.487 e. The van der Waals surface area contributed by atoms with Crippen molar-refractivity contribution in [3.63, 3.8) is 0 Å². The fourth-order valence-corrected chi connectivity index (χ4v) is 5.38. The van der Waals surface area contributed by atoms with Gasteiger partial charge in [0.2, 0.25) is 0 Å². The van der Waals surface area contributed by atoms with Crippen molar-refractivity contribution in [1.29, 1.82) is 0 Å². The Morgan fingerprint density at radius 3 is 2.41 bits per heavy atom. The lowest BCUT2D eigenvalue weighted by atomic mass is 9.83. The molecule has 0 saturated carbocycles. The quantitative estimate of drug-likeness (QED) is 0.462. The number of anilines is 1. The molecule has 3 aromatic rings. The summed E-state index contributed by atoms with van der Waals surface area (Å²) in [5.41, 5.74) is 2.30. The number of fused-ring (bicyclic) bond motifs is 1. The molecular formula is C27H30N2O4S. The van der Waals surface area contributed by atoms with Gasteiger partial charge in [-0.2, -0.15) is 0 Å². The molecule has 3 aromatic carbocycles. The predicted octanol–water partition coefficient (Wildman–Crippen LogP) is 5.61. The minimum Gasteiger partial charge on any atom is -0.487 e. The molecule has 7 heteroatoms. The van der Waals surface area contributed by atoms with Crippen molar-refractivity contribution in [2.45, 2.75) is 56.6 Å². The van der Waals surface area contributed by atoms with Crippen LogP contribution in [0.1, 0.15) is 60.6 Å². The number of hydrogen-bond acceptors (Lipinski definition) is 4. The lowest BCUT2D eigenvalue weighted by Crippen LogP contribution is -2.44. The molecule has 0 aromatic heterocycles. The molecule has 1 aliphatic heterocycles. The Labute approximate surface area is 201 Å². The highest BCUT2D eigenvalue weighted by atomic mass is 32.2. The van der Waals surface area contributed by atoms with Crippen LogP contribution in [0.5, 0.6) is 5.75 Å². The second-order valence-corrected chi connectivity index (χ2v) is 10.4. The lowest BCUT2D eigenvalue weighted by molar-refractivity contribution is 0.0227. The van der Waals surface area contributed by atoms with Gasteiger partial charge in [0.05, 0.1) is 10.9 Å². The summed E-state index contributed by atoms with van der Waals surface area (Å²) in [5.74, 6) is 0.529. The van der Waals surface area contributed by atoms with Crippen molar-refractivity contribution in [1.82, 2.24) is 5.32 Å². The Morgan fingerprint density at radius 1 is 1.00 bits per heavy atom. The number of sulfonamides is 1. The summed E-state index contributed by atoms with van der Waals surface area (Å²) in [4.78, 5) is 13.4. The van der Waals surface area contributed by atoms with Crippen molar-refractivity contribution in [2.24, 2.45) is 0 Å². The monoisotopic (exact) mass is 478 g/mol. The van der Waals surface area contributed by atoms with E-state index in [1.165, 1.54) is 0 Å². The minimum atomic E-state index is -3.76. The summed E-state index contributed by atoms with van der Waals surface area (Å²) >= 11 is 0. The van der Waals surface area contributed by atoms with Gasteiger partial charge in [-0.3, -0.25) is 9.52 Å². The summed E-state index contributed by atoms with van der Waals surface area (Å²) in [6, 6.07) is 20.7. The second kappa shape index (κ2) is 9.50. The lowest BCUT2D eigenvalue weighted by Gasteiger charge is -2.41. The maximum absolute atomic E-state index is 13.2. The fourth-order valence-electron chi connectivity index (χ4n) is 4.33. The van der Waals surface area contributed by atoms with E-state index in [1.54, 1.807) is 48.5 Å². The molecule has 1 amide bonds. The fraction of sp³-hybridized carbons (Fsp3) is 0.296. The zero-order valence-electron chi connectivity index (χ0n) is 19.7. The van der Waals surface area contributed by atoms with Crippen LogP contribution in [0.15, 0.2) is 77.7 Å². The first-order valence-electron chi connectivity index (χ1n) is 11.5. The van der Waals surface area contributed by atoms with Crippen LogP contribution in [-0.2, 0) is 10.0 Å². The molecule has 0 fully saturated rings. The first-order chi connectivity index (χ1) is 16.2. The number of ether oxygens (including phenoxy) is 1. The third-order valence-corrected chi connectivity index (χ3v) is 7.90. The molecule has 1 heterocycles. The minimum absolute atomic E-state index is 0.169. The van der Waals surface area contributed by atoms with Gasteiger partial charge in [0.25, 0.3) is 15.9 Å². The molecule has 6 nitrogen and oxygen atoms in total. The number of benzene rings is 3. The highest BCUT2D eigenvalue weighted by Gasteiger charge is 2.39. The van der Waals surface area contributed by atoms with Crippen LogP contribution < -0.4 is 14.8 Å². The molecule has 0 bridgehead atoms. The third-order valence-electron chi connectivity index (χ3n) is 6.50. The van der Waals surface area contributed by atoms with Crippen molar-refractivity contribution < 1.29 is 17.9 Å². The Kier molecular flexibility index (Phi) is 6.66. The van der Waals surface area contributed by atoms with Crippen molar-refractivity contribution in [3.05, 3.63) is 89.5 Å². The van der Waals surface area contributed by atoms with E-state index in [9.17, 15) is 13.2 Å². The molecular weight excluding hydrogens is 448 g/mol. The molecule has 0 spiro atoms. The summed E-state index contributed by atoms with van der Waals surface area (Å²) in [5, 5.41) is 3.15. The maximum Gasteiger partial charge on any atom is 0.261 e. The van der Waals surface area contributed by atoms with E-state index in [1.807, 2.05) is 31.2 Å². The van der Waals surface area contributed by atoms with Gasteiger partial charge in [-0.1, -0.05) is 55.8 Å². The van der Waals surface area contributed by atoms with E-state index < -0.39 is 10.0 Å². The molecule has 0 saturated heterocycles. The molecule has 178 valence electrons. The average Bonchev–Trinajstić information content (AvgIpc) is 2.84. The van der Waals surface area contributed by atoms with Crippen molar-refractivity contribution in [2.75, 3.05) is 4.72 Å². The van der Waals surface area contributed by atoms with Gasteiger partial charge in [0.1, 0.15) is 11.4 Å². The van der Waals surface area contributed by atoms with E-state index in [-0.39, 0.29) is 22.4 Å². The van der Waals surface area contributed by atoms with Crippen LogP contribution in [0.25, 0.3) is 0 Å². The van der Waals surface area contributed by atoms with Gasteiger partial charge in [0.15, 0.2) is 0 Å². The molecule has 2 N–H and O–H groups in total. The summed E-state index contributed by atoms with van der Waals surface area (Å²) in [6.07, 6.45) is 2.34. The van der Waals surface area contributed by atoms with E-state index in [2.05, 4.69) is 23.9 Å². The van der Waals surface area contributed by atoms with Crippen LogP contribution in [0.4, 0.5) is 5.69 Å². The number of aryl methyl sites for hydroxylation is 1. The Bertz CT molecular complexity index is 1280. The molecule has 1 aliphatic rings. The smallest absolute Gasteiger partial charge is 0.261 e. The molecule has 1 unspecified atom stereocenters. The molecule has 4 rings (SSSR count). The number of amides is 1. The van der Waals surface area contributed by atoms with E-state index >= 15 is 0 Å². The number of carbonyl (C=O) groups excluding carboxylic acids is 1. The summed E-state index contributed by atoms with van der Waals surface area (Å²) < 4.78 is 34.4. The van der Waals surface area contributed by atoms with Crippen LogP contribution in [0.3, 0.4) is 0 Å². The van der Waals surface area contributed by atoms with Gasteiger partial charge < -0.3 is 10.1 Å². The Balaban J connectivity index is 1.55. The summed E-state index contributed by atoms with van der Waals surface area (Å²) in [7, 11) is -3.76. The number of rotatable bonds is 7. The predicted molar refractivity (Wildman–Crippen MR) is 134 cm³/mol. The highest BCUT2D eigenvalue weighted by molar-refractivity contribution is 7.92. The van der Waals surface area contributed by atoms with E-state index in [4.69, 9.17) is 4.74 Å². The maximum atomic E-state index is 13.2. The SMILES string of the molecule is CCC1(CC)CC(NC(=O)c2cccc(NS(=O)(=O)c3ccc(C)cc3)c2)c2ccccc2O1. The summed E-state index contributed by atoms with van der Waals surface area (Å²) in [6.45, 7) is 6.09. The van der Waals surface area contributed by atoms with Crippen LogP contribution >= 0.6 is 0 Å². The first kappa shape index (κ1) is 23.8. The number of hydrogen-bond donors (Lipinski definition) is 2. The zero-order valence-corrected chi connectivity index (χ0v) is 20.5. The van der Waals surface area contributed by atoms with E-state index in [0.717, 1.165) is 29.7 Å². The van der Waals surface area contributed by atoms with Crippen LogP contribution in [0, 0.1) is 6.92 Å². The number of carbonyl (C=O) groups is 1. The van der Waals surface area contributed by atoms with Crippen LogP contribution in [0.2, 0.25) is 0 Å².